The number of fused-ring (bicyclic) bond motifs is 1. The van der Waals surface area contributed by atoms with Crippen molar-refractivity contribution in [2.75, 3.05) is 13.2 Å². The van der Waals surface area contributed by atoms with Gasteiger partial charge in [-0.3, -0.25) is 20.3 Å². The van der Waals surface area contributed by atoms with Gasteiger partial charge < -0.3 is 10.1 Å². The van der Waals surface area contributed by atoms with E-state index in [1.54, 1.807) is 0 Å². The number of hydrazine groups is 1. The molecule has 0 spiro atoms. The summed E-state index contributed by atoms with van der Waals surface area (Å²) >= 11 is 3.52. The molecule has 8 nitrogen and oxygen atoms in total. The minimum absolute atomic E-state index is 0.0800. The molecule has 1 aromatic carbocycles. The third-order valence-electron chi connectivity index (χ3n) is 6.39. The third kappa shape index (κ3) is 3.80. The Bertz CT molecular complexity index is 755. The van der Waals surface area contributed by atoms with Crippen LogP contribution >= 0.6 is 15.9 Å². The van der Waals surface area contributed by atoms with Crippen LogP contribution in [0.15, 0.2) is 28.7 Å². The number of carbonyl (C=O) groups is 1. The van der Waals surface area contributed by atoms with E-state index < -0.39 is 17.6 Å². The predicted octanol–water partition coefficient (Wildman–Crippen LogP) is 1.86. The third-order valence-corrected chi connectivity index (χ3v) is 6.88. The summed E-state index contributed by atoms with van der Waals surface area (Å²) in [5.41, 5.74) is 6.84. The van der Waals surface area contributed by atoms with Gasteiger partial charge in [0, 0.05) is 47.4 Å². The second-order valence-corrected chi connectivity index (χ2v) is 8.90. The maximum absolute atomic E-state index is 13.3. The highest BCUT2D eigenvalue weighted by Gasteiger charge is 2.48. The summed E-state index contributed by atoms with van der Waals surface area (Å²) in [6.07, 6.45) is 3.07. The molecule has 1 aliphatic carbocycles. The molecule has 3 N–H and O–H groups in total. The van der Waals surface area contributed by atoms with Crippen molar-refractivity contribution in [3.63, 3.8) is 0 Å². The number of carbonyl (C=O) groups excluding carboxylic acids is 1. The van der Waals surface area contributed by atoms with Crippen LogP contribution in [0.4, 0.5) is 0 Å². The van der Waals surface area contributed by atoms with E-state index in [1.807, 2.05) is 24.3 Å². The van der Waals surface area contributed by atoms with Crippen molar-refractivity contribution in [1.29, 1.82) is 0 Å². The van der Waals surface area contributed by atoms with Crippen molar-refractivity contribution in [1.82, 2.24) is 16.2 Å². The van der Waals surface area contributed by atoms with Crippen molar-refractivity contribution in [3.05, 3.63) is 44.4 Å². The van der Waals surface area contributed by atoms with Gasteiger partial charge in [0.15, 0.2) is 0 Å². The van der Waals surface area contributed by atoms with Gasteiger partial charge in [-0.25, -0.2) is 5.43 Å². The first kappa shape index (κ1) is 19.8. The van der Waals surface area contributed by atoms with E-state index in [0.717, 1.165) is 10.0 Å². The van der Waals surface area contributed by atoms with Crippen LogP contribution in [-0.4, -0.2) is 42.2 Å². The molecule has 28 heavy (non-hydrogen) atoms. The normalized spacial score (nSPS) is 31.8. The highest BCUT2D eigenvalue weighted by molar-refractivity contribution is 9.10. The zero-order valence-electron chi connectivity index (χ0n) is 15.5. The molecule has 4 rings (SSSR count). The molecule has 1 saturated carbocycles. The lowest BCUT2D eigenvalue weighted by atomic mass is 9.78. The van der Waals surface area contributed by atoms with Crippen LogP contribution in [0, 0.1) is 16.0 Å². The Hall–Kier alpha value is -1.55. The van der Waals surface area contributed by atoms with Gasteiger partial charge in [-0.2, -0.15) is 0 Å². The highest BCUT2D eigenvalue weighted by atomic mass is 79.9. The Morgan fingerprint density at radius 1 is 1.29 bits per heavy atom. The molecule has 3 aliphatic rings. The molecule has 4 atom stereocenters. The summed E-state index contributed by atoms with van der Waals surface area (Å²) in [6.45, 7) is 1.16. The molecule has 1 aromatic rings. The topological polar surface area (TPSA) is 106 Å². The van der Waals surface area contributed by atoms with E-state index in [9.17, 15) is 14.9 Å². The molecule has 2 heterocycles. The average Bonchev–Trinajstić information content (AvgIpc) is 3.12. The lowest BCUT2D eigenvalue weighted by molar-refractivity contribution is -0.528. The van der Waals surface area contributed by atoms with Gasteiger partial charge in [0.05, 0.1) is 5.54 Å². The maximum Gasteiger partial charge on any atom is 0.239 e. The number of rotatable bonds is 4. The second-order valence-electron chi connectivity index (χ2n) is 7.98. The summed E-state index contributed by atoms with van der Waals surface area (Å²) in [6, 6.07) is 7.06. The summed E-state index contributed by atoms with van der Waals surface area (Å²) in [7, 11) is 0. The van der Waals surface area contributed by atoms with Crippen LogP contribution in [0.1, 0.15) is 37.7 Å². The van der Waals surface area contributed by atoms with Crippen molar-refractivity contribution in [2.24, 2.45) is 5.92 Å². The van der Waals surface area contributed by atoms with Gasteiger partial charge in [0.1, 0.15) is 6.04 Å². The molecular formula is C19H25BrN4O4. The predicted molar refractivity (Wildman–Crippen MR) is 106 cm³/mol. The molecule has 2 saturated heterocycles. The largest absolute Gasteiger partial charge is 0.381 e. The number of nitrogens with zero attached hydrogens (tertiary/aromatic N) is 1. The summed E-state index contributed by atoms with van der Waals surface area (Å²) in [4.78, 5) is 24.3. The quantitative estimate of drug-likeness (QED) is 0.475. The number of hydrogen-bond donors (Lipinski definition) is 3. The number of nitrogens with one attached hydrogen (secondary N) is 3. The number of halogens is 1. The number of hydrogen-bond acceptors (Lipinski definition) is 6. The number of nitro groups is 1. The molecule has 2 aliphatic heterocycles. The average molecular weight is 453 g/mol. The van der Waals surface area contributed by atoms with E-state index in [4.69, 9.17) is 4.74 Å². The molecule has 9 heteroatoms. The van der Waals surface area contributed by atoms with Gasteiger partial charge in [-0.05, 0) is 37.0 Å². The van der Waals surface area contributed by atoms with Gasteiger partial charge >= 0.3 is 0 Å². The zero-order chi connectivity index (χ0) is 19.7. The van der Waals surface area contributed by atoms with Crippen LogP contribution in [0.3, 0.4) is 0 Å². The van der Waals surface area contributed by atoms with Crippen molar-refractivity contribution in [2.45, 2.75) is 55.8 Å². The minimum atomic E-state index is -0.569. The van der Waals surface area contributed by atoms with E-state index >= 15 is 0 Å². The van der Waals surface area contributed by atoms with Crippen LogP contribution in [0.5, 0.6) is 0 Å². The summed E-state index contributed by atoms with van der Waals surface area (Å²) in [5.74, 6) is -0.186. The fourth-order valence-electron chi connectivity index (χ4n) is 4.79. The van der Waals surface area contributed by atoms with Crippen molar-refractivity contribution in [3.8, 4) is 0 Å². The standard InChI is InChI=1S/C19H25BrN4O4/c20-13-3-1-2-12(10-13)19(6-8-28-9-7-19)21-18(25)17-15-11-14(24(26)27)4-5-16(15)22-23-17/h1-3,10,14-17,22-23H,4-9,11H2,(H,21,25). The first-order valence-electron chi connectivity index (χ1n) is 9.79. The second kappa shape index (κ2) is 8.06. The number of amides is 1. The summed E-state index contributed by atoms with van der Waals surface area (Å²) < 4.78 is 6.51. The lowest BCUT2D eigenvalue weighted by Gasteiger charge is -2.40. The zero-order valence-corrected chi connectivity index (χ0v) is 17.1. The Morgan fingerprint density at radius 2 is 2.07 bits per heavy atom. The van der Waals surface area contributed by atoms with Crippen LogP contribution in [0.2, 0.25) is 0 Å². The van der Waals surface area contributed by atoms with Crippen molar-refractivity contribution >= 4 is 21.8 Å². The van der Waals surface area contributed by atoms with E-state index in [2.05, 4.69) is 32.1 Å². The minimum Gasteiger partial charge on any atom is -0.381 e. The molecular weight excluding hydrogens is 428 g/mol. The fourth-order valence-corrected chi connectivity index (χ4v) is 5.19. The smallest absolute Gasteiger partial charge is 0.239 e. The van der Waals surface area contributed by atoms with Crippen LogP contribution < -0.4 is 16.2 Å². The first-order valence-corrected chi connectivity index (χ1v) is 10.6. The Morgan fingerprint density at radius 3 is 2.79 bits per heavy atom. The maximum atomic E-state index is 13.3. The van der Waals surface area contributed by atoms with E-state index in [0.29, 0.717) is 45.3 Å². The van der Waals surface area contributed by atoms with Gasteiger partial charge in [-0.15, -0.1) is 0 Å². The van der Waals surface area contributed by atoms with Gasteiger partial charge in [0.2, 0.25) is 11.9 Å². The van der Waals surface area contributed by atoms with E-state index in [1.165, 1.54) is 0 Å². The number of ether oxygens (including phenoxy) is 1. The fraction of sp³-hybridized carbons (Fsp3) is 0.632. The Labute approximate surface area is 172 Å². The lowest BCUT2D eigenvalue weighted by Crippen LogP contribution is -2.56. The molecule has 152 valence electrons. The van der Waals surface area contributed by atoms with Crippen LogP contribution in [-0.2, 0) is 15.1 Å². The molecule has 0 bridgehead atoms. The molecule has 0 aromatic heterocycles. The molecule has 1 amide bonds. The Kier molecular flexibility index (Phi) is 5.69. The summed E-state index contributed by atoms with van der Waals surface area (Å²) in [5, 5.41) is 14.5. The SMILES string of the molecule is O=C(NC1(c2cccc(Br)c2)CCOCC1)C1NNC2CCC([N+](=O)[O-])CC21. The molecule has 0 radical (unpaired) electrons. The van der Waals surface area contributed by atoms with Crippen molar-refractivity contribution < 1.29 is 14.5 Å². The van der Waals surface area contributed by atoms with Crippen LogP contribution in [0.25, 0.3) is 0 Å². The first-order chi connectivity index (χ1) is 13.5. The molecule has 4 unspecified atom stereocenters. The van der Waals surface area contributed by atoms with Gasteiger partial charge in [-0.1, -0.05) is 28.1 Å². The monoisotopic (exact) mass is 452 g/mol. The Balaban J connectivity index is 1.54. The molecule has 3 fully saturated rings. The van der Waals surface area contributed by atoms with Gasteiger partial charge in [0.25, 0.3) is 0 Å². The van der Waals surface area contributed by atoms with E-state index in [-0.39, 0.29) is 22.8 Å². The highest BCUT2D eigenvalue weighted by Crippen LogP contribution is 2.36. The number of benzene rings is 1.